The SMILES string of the molecule is Cc1ccc([C@H](CNC(=O)c2cc(-c3ccc4c(c3)CCCC4)on2)N(C)C)o1. The van der Waals surface area contributed by atoms with Gasteiger partial charge in [0.2, 0.25) is 0 Å². The van der Waals surface area contributed by atoms with E-state index in [1.165, 1.54) is 24.0 Å². The number of hydrogen-bond donors (Lipinski definition) is 1. The summed E-state index contributed by atoms with van der Waals surface area (Å²) in [7, 11) is 3.91. The summed E-state index contributed by atoms with van der Waals surface area (Å²) in [5, 5.41) is 6.92. The molecule has 1 amide bonds. The van der Waals surface area contributed by atoms with Crippen molar-refractivity contribution in [3.63, 3.8) is 0 Å². The highest BCUT2D eigenvalue weighted by Crippen LogP contribution is 2.28. The molecule has 2 heterocycles. The molecule has 6 nitrogen and oxygen atoms in total. The lowest BCUT2D eigenvalue weighted by Gasteiger charge is -2.22. The Kier molecular flexibility index (Phi) is 5.53. The zero-order valence-corrected chi connectivity index (χ0v) is 17.2. The molecule has 1 atom stereocenters. The third kappa shape index (κ3) is 4.27. The van der Waals surface area contributed by atoms with Crippen molar-refractivity contribution in [3.05, 3.63) is 64.7 Å². The molecule has 0 aliphatic heterocycles. The Morgan fingerprint density at radius 2 is 1.93 bits per heavy atom. The van der Waals surface area contributed by atoms with Gasteiger partial charge < -0.3 is 14.3 Å². The summed E-state index contributed by atoms with van der Waals surface area (Å²) in [5.74, 6) is 2.04. The Balaban J connectivity index is 1.44. The van der Waals surface area contributed by atoms with E-state index in [9.17, 15) is 4.79 Å². The minimum atomic E-state index is -0.256. The first-order valence-electron chi connectivity index (χ1n) is 10.1. The summed E-state index contributed by atoms with van der Waals surface area (Å²) in [6.45, 7) is 2.33. The predicted octanol–water partition coefficient (Wildman–Crippen LogP) is 4.15. The van der Waals surface area contributed by atoms with Crippen LogP contribution < -0.4 is 5.32 Å². The van der Waals surface area contributed by atoms with E-state index in [-0.39, 0.29) is 17.6 Å². The van der Waals surface area contributed by atoms with Crippen LogP contribution in [0.2, 0.25) is 0 Å². The number of furan rings is 1. The van der Waals surface area contributed by atoms with Crippen molar-refractivity contribution in [1.29, 1.82) is 0 Å². The fraction of sp³-hybridized carbons (Fsp3) is 0.391. The average Bonchev–Trinajstić information content (AvgIpc) is 3.37. The quantitative estimate of drug-likeness (QED) is 0.681. The third-order valence-corrected chi connectivity index (χ3v) is 5.54. The molecule has 1 N–H and O–H groups in total. The van der Waals surface area contributed by atoms with E-state index in [4.69, 9.17) is 8.94 Å². The van der Waals surface area contributed by atoms with Crippen LogP contribution in [0.1, 0.15) is 52.0 Å². The highest BCUT2D eigenvalue weighted by Gasteiger charge is 2.21. The van der Waals surface area contributed by atoms with Gasteiger partial charge in [-0.3, -0.25) is 9.69 Å². The predicted molar refractivity (Wildman–Crippen MR) is 111 cm³/mol. The van der Waals surface area contributed by atoms with Crippen molar-refractivity contribution in [2.24, 2.45) is 0 Å². The largest absolute Gasteiger partial charge is 0.465 e. The van der Waals surface area contributed by atoms with Gasteiger partial charge in [-0.05, 0) is 76.0 Å². The van der Waals surface area contributed by atoms with Gasteiger partial charge in [0, 0.05) is 18.2 Å². The molecule has 1 aliphatic carbocycles. The van der Waals surface area contributed by atoms with Crippen molar-refractivity contribution in [3.8, 4) is 11.3 Å². The van der Waals surface area contributed by atoms with Crippen LogP contribution in [0.4, 0.5) is 0 Å². The fourth-order valence-corrected chi connectivity index (χ4v) is 3.86. The zero-order chi connectivity index (χ0) is 20.4. The number of likely N-dealkylation sites (N-methyl/N-ethyl adjacent to an activating group) is 1. The highest BCUT2D eigenvalue weighted by atomic mass is 16.5. The smallest absolute Gasteiger partial charge is 0.273 e. The van der Waals surface area contributed by atoms with E-state index in [0.717, 1.165) is 29.9 Å². The topological polar surface area (TPSA) is 71.5 Å². The van der Waals surface area contributed by atoms with Crippen LogP contribution in [0, 0.1) is 6.92 Å². The Labute approximate surface area is 170 Å². The summed E-state index contributed by atoms with van der Waals surface area (Å²) in [6, 6.07) is 11.9. The molecule has 3 aromatic rings. The molecule has 1 aliphatic rings. The molecule has 0 spiro atoms. The second-order valence-electron chi connectivity index (χ2n) is 7.90. The summed E-state index contributed by atoms with van der Waals surface area (Å²) in [6.07, 6.45) is 4.72. The molecule has 0 bridgehead atoms. The van der Waals surface area contributed by atoms with Crippen molar-refractivity contribution < 1.29 is 13.7 Å². The lowest BCUT2D eigenvalue weighted by molar-refractivity contribution is 0.0930. The Bertz CT molecular complexity index is 1000. The second-order valence-corrected chi connectivity index (χ2v) is 7.90. The number of benzene rings is 1. The van der Waals surface area contributed by atoms with Gasteiger partial charge in [-0.15, -0.1) is 0 Å². The van der Waals surface area contributed by atoms with Crippen molar-refractivity contribution in [2.75, 3.05) is 20.6 Å². The minimum absolute atomic E-state index is 0.0559. The standard InChI is InChI=1S/C23H27N3O3/c1-15-8-11-21(28-15)20(26(2)3)14-24-23(27)19-13-22(29-25-19)18-10-9-16-6-4-5-7-17(16)12-18/h8-13,20H,4-7,14H2,1-3H3,(H,24,27)/t20-/m0/s1. The van der Waals surface area contributed by atoms with Crippen LogP contribution in [0.15, 0.2) is 45.3 Å². The van der Waals surface area contributed by atoms with Crippen LogP contribution >= 0.6 is 0 Å². The first kappa shape index (κ1) is 19.5. The number of nitrogens with zero attached hydrogens (tertiary/aromatic N) is 2. The lowest BCUT2D eigenvalue weighted by atomic mass is 9.90. The number of hydrogen-bond acceptors (Lipinski definition) is 5. The number of carbonyl (C=O) groups excluding carboxylic acids is 1. The van der Waals surface area contributed by atoms with Gasteiger partial charge in [-0.1, -0.05) is 17.3 Å². The summed E-state index contributed by atoms with van der Waals surface area (Å²) in [4.78, 5) is 14.6. The molecule has 0 saturated heterocycles. The number of rotatable bonds is 6. The van der Waals surface area contributed by atoms with Gasteiger partial charge in [0.15, 0.2) is 11.5 Å². The molecule has 0 unspecified atom stereocenters. The minimum Gasteiger partial charge on any atom is -0.465 e. The number of aryl methyl sites for hydroxylation is 3. The number of amides is 1. The Morgan fingerprint density at radius 1 is 1.14 bits per heavy atom. The van der Waals surface area contributed by atoms with Crippen molar-refractivity contribution in [1.82, 2.24) is 15.4 Å². The van der Waals surface area contributed by atoms with Crippen LogP contribution in [-0.4, -0.2) is 36.6 Å². The van der Waals surface area contributed by atoms with Crippen LogP contribution in [0.5, 0.6) is 0 Å². The van der Waals surface area contributed by atoms with Gasteiger partial charge in [0.05, 0.1) is 6.04 Å². The number of aromatic nitrogens is 1. The molecule has 152 valence electrons. The van der Waals surface area contributed by atoms with E-state index in [1.807, 2.05) is 44.1 Å². The summed E-state index contributed by atoms with van der Waals surface area (Å²) >= 11 is 0. The Hall–Kier alpha value is -2.86. The average molecular weight is 393 g/mol. The van der Waals surface area contributed by atoms with E-state index < -0.39 is 0 Å². The van der Waals surface area contributed by atoms with E-state index in [1.54, 1.807) is 6.07 Å². The van der Waals surface area contributed by atoms with Crippen LogP contribution in [0.25, 0.3) is 11.3 Å². The van der Waals surface area contributed by atoms with E-state index in [2.05, 4.69) is 22.6 Å². The van der Waals surface area contributed by atoms with Gasteiger partial charge in [-0.2, -0.15) is 0 Å². The molecule has 4 rings (SSSR count). The fourth-order valence-electron chi connectivity index (χ4n) is 3.86. The highest BCUT2D eigenvalue weighted by molar-refractivity contribution is 5.93. The van der Waals surface area contributed by atoms with Gasteiger partial charge in [0.1, 0.15) is 11.5 Å². The molecular formula is C23H27N3O3. The van der Waals surface area contributed by atoms with Gasteiger partial charge in [0.25, 0.3) is 5.91 Å². The van der Waals surface area contributed by atoms with Crippen LogP contribution in [0.3, 0.4) is 0 Å². The zero-order valence-electron chi connectivity index (χ0n) is 17.2. The van der Waals surface area contributed by atoms with Crippen LogP contribution in [-0.2, 0) is 12.8 Å². The van der Waals surface area contributed by atoms with Crippen molar-refractivity contribution >= 4 is 5.91 Å². The Morgan fingerprint density at radius 3 is 2.66 bits per heavy atom. The maximum Gasteiger partial charge on any atom is 0.273 e. The number of fused-ring (bicyclic) bond motifs is 1. The van der Waals surface area contributed by atoms with Gasteiger partial charge in [-0.25, -0.2) is 0 Å². The van der Waals surface area contributed by atoms with Gasteiger partial charge >= 0.3 is 0 Å². The summed E-state index contributed by atoms with van der Waals surface area (Å²) < 4.78 is 11.2. The maximum absolute atomic E-state index is 12.6. The van der Waals surface area contributed by atoms with E-state index >= 15 is 0 Å². The van der Waals surface area contributed by atoms with E-state index in [0.29, 0.717) is 12.3 Å². The molecule has 1 aromatic carbocycles. The van der Waals surface area contributed by atoms with Crippen molar-refractivity contribution in [2.45, 2.75) is 38.6 Å². The molecule has 0 saturated carbocycles. The molecular weight excluding hydrogens is 366 g/mol. The molecule has 2 aromatic heterocycles. The molecule has 29 heavy (non-hydrogen) atoms. The molecule has 6 heteroatoms. The lowest BCUT2D eigenvalue weighted by Crippen LogP contribution is -2.34. The summed E-state index contributed by atoms with van der Waals surface area (Å²) in [5.41, 5.74) is 4.04. The normalized spacial score (nSPS) is 14.6. The number of nitrogens with one attached hydrogen (secondary N) is 1. The second kappa shape index (κ2) is 8.25. The monoisotopic (exact) mass is 393 g/mol. The number of carbonyl (C=O) groups is 1. The molecule has 0 radical (unpaired) electrons. The maximum atomic E-state index is 12.6. The molecule has 0 fully saturated rings. The third-order valence-electron chi connectivity index (χ3n) is 5.54. The first-order valence-corrected chi connectivity index (χ1v) is 10.1. The first-order chi connectivity index (χ1) is 14.0.